The number of piperidine rings is 1. The van der Waals surface area contributed by atoms with E-state index in [2.05, 4.69) is 10.6 Å². The molecule has 2 aliphatic rings. The van der Waals surface area contributed by atoms with E-state index in [0.29, 0.717) is 17.2 Å². The largest absolute Gasteiger partial charge is 0.416 e. The number of benzene rings is 2. The molecular formula is C22H18ClF6N3O2. The van der Waals surface area contributed by atoms with Gasteiger partial charge in [0.1, 0.15) is 11.7 Å². The van der Waals surface area contributed by atoms with E-state index < -0.39 is 46.7 Å². The molecule has 0 bridgehead atoms. The van der Waals surface area contributed by atoms with Crippen molar-refractivity contribution in [3.8, 4) is 0 Å². The summed E-state index contributed by atoms with van der Waals surface area (Å²) >= 11 is 5.88. The van der Waals surface area contributed by atoms with Crippen molar-refractivity contribution in [2.75, 3.05) is 13.1 Å². The fourth-order valence-electron chi connectivity index (χ4n) is 4.19. The lowest BCUT2D eigenvalue weighted by Gasteiger charge is -2.38. The smallest absolute Gasteiger partial charge is 0.338 e. The van der Waals surface area contributed by atoms with E-state index in [-0.39, 0.29) is 37.9 Å². The highest BCUT2D eigenvalue weighted by Crippen LogP contribution is 2.37. The Hall–Kier alpha value is -2.79. The molecule has 2 aromatic carbocycles. The first-order chi connectivity index (χ1) is 15.8. The van der Waals surface area contributed by atoms with Gasteiger partial charge >= 0.3 is 12.4 Å². The van der Waals surface area contributed by atoms with Gasteiger partial charge in [0.2, 0.25) is 5.91 Å². The van der Waals surface area contributed by atoms with Crippen LogP contribution in [0.3, 0.4) is 0 Å². The van der Waals surface area contributed by atoms with Gasteiger partial charge in [0.05, 0.1) is 11.1 Å². The topological polar surface area (TPSA) is 61.4 Å². The van der Waals surface area contributed by atoms with Gasteiger partial charge in [-0.1, -0.05) is 23.7 Å². The number of likely N-dealkylation sites (tertiary alicyclic amines) is 1. The Kier molecular flexibility index (Phi) is 6.05. The molecule has 12 heteroatoms. The van der Waals surface area contributed by atoms with Crippen LogP contribution in [0.15, 0.2) is 42.5 Å². The minimum Gasteiger partial charge on any atom is -0.338 e. The summed E-state index contributed by atoms with van der Waals surface area (Å²) in [4.78, 5) is 26.7. The maximum atomic E-state index is 13.1. The first-order valence-electron chi connectivity index (χ1n) is 10.2. The van der Waals surface area contributed by atoms with Crippen molar-refractivity contribution in [2.45, 2.75) is 36.9 Å². The van der Waals surface area contributed by atoms with E-state index in [1.165, 1.54) is 0 Å². The number of rotatable bonds is 2. The summed E-state index contributed by atoms with van der Waals surface area (Å²) in [7, 11) is 0. The van der Waals surface area contributed by atoms with Crippen LogP contribution >= 0.6 is 11.6 Å². The maximum absolute atomic E-state index is 13.1. The zero-order valence-electron chi connectivity index (χ0n) is 17.4. The third-order valence-corrected chi connectivity index (χ3v) is 6.32. The molecule has 2 saturated heterocycles. The van der Waals surface area contributed by atoms with E-state index >= 15 is 0 Å². The molecule has 0 aliphatic carbocycles. The Labute approximate surface area is 195 Å². The summed E-state index contributed by atoms with van der Waals surface area (Å²) < 4.78 is 78.8. The molecule has 4 rings (SSSR count). The van der Waals surface area contributed by atoms with Gasteiger partial charge in [0.15, 0.2) is 0 Å². The lowest BCUT2D eigenvalue weighted by atomic mass is 9.87. The molecule has 34 heavy (non-hydrogen) atoms. The SMILES string of the molecule is O=C(c1cc(C(F)(F)F)cc(C(F)(F)F)c1)N1CCC2(CC1)NC(c1ccc(Cl)cc1)NC2=O. The maximum Gasteiger partial charge on any atom is 0.416 e. The zero-order chi connectivity index (χ0) is 24.9. The number of nitrogens with one attached hydrogen (secondary N) is 2. The quantitative estimate of drug-likeness (QED) is 0.578. The normalized spacial score (nSPS) is 20.5. The zero-order valence-corrected chi connectivity index (χ0v) is 18.1. The first-order valence-corrected chi connectivity index (χ1v) is 10.6. The monoisotopic (exact) mass is 505 g/mol. The van der Waals surface area contributed by atoms with Gasteiger partial charge in [-0.05, 0) is 48.7 Å². The van der Waals surface area contributed by atoms with E-state index in [4.69, 9.17) is 11.6 Å². The minimum atomic E-state index is -5.05. The minimum absolute atomic E-state index is 0.0222. The summed E-state index contributed by atoms with van der Waals surface area (Å²) in [6.07, 6.45) is -10.3. The Morgan fingerprint density at radius 3 is 1.97 bits per heavy atom. The fraction of sp³-hybridized carbons (Fsp3) is 0.364. The van der Waals surface area contributed by atoms with Crippen molar-refractivity contribution in [1.29, 1.82) is 0 Å². The van der Waals surface area contributed by atoms with Crippen LogP contribution in [-0.2, 0) is 17.1 Å². The van der Waals surface area contributed by atoms with Crippen LogP contribution in [0.4, 0.5) is 26.3 Å². The van der Waals surface area contributed by atoms with E-state index in [1.54, 1.807) is 24.3 Å². The molecule has 2 heterocycles. The van der Waals surface area contributed by atoms with Gasteiger partial charge in [-0.25, -0.2) is 0 Å². The summed E-state index contributed by atoms with van der Waals surface area (Å²) in [6, 6.07) is 7.62. The van der Waals surface area contributed by atoms with Crippen molar-refractivity contribution < 1.29 is 35.9 Å². The Morgan fingerprint density at radius 2 is 1.47 bits per heavy atom. The third-order valence-electron chi connectivity index (χ3n) is 6.07. The molecule has 2 aliphatic heterocycles. The molecule has 0 aromatic heterocycles. The number of nitrogens with zero attached hydrogens (tertiary/aromatic N) is 1. The summed E-state index contributed by atoms with van der Waals surface area (Å²) in [5.41, 5.74) is -4.06. The van der Waals surface area contributed by atoms with Crippen LogP contribution in [0.5, 0.6) is 0 Å². The summed E-state index contributed by atoms with van der Waals surface area (Å²) in [5.74, 6) is -1.25. The summed E-state index contributed by atoms with van der Waals surface area (Å²) in [5, 5.41) is 6.56. The number of halogens is 7. The van der Waals surface area contributed by atoms with Gasteiger partial charge in [0, 0.05) is 23.7 Å². The highest BCUT2D eigenvalue weighted by atomic mass is 35.5. The van der Waals surface area contributed by atoms with Crippen molar-refractivity contribution in [1.82, 2.24) is 15.5 Å². The second-order valence-electron chi connectivity index (χ2n) is 8.27. The molecule has 0 saturated carbocycles. The molecule has 1 atom stereocenters. The van der Waals surface area contributed by atoms with E-state index in [1.807, 2.05) is 0 Å². The van der Waals surface area contributed by atoms with Crippen LogP contribution in [-0.4, -0.2) is 35.3 Å². The summed E-state index contributed by atoms with van der Waals surface area (Å²) in [6.45, 7) is -0.0472. The van der Waals surface area contributed by atoms with Gasteiger partial charge in [0.25, 0.3) is 5.91 Å². The second kappa shape index (κ2) is 8.46. The molecule has 2 fully saturated rings. The number of amides is 2. The Balaban J connectivity index is 1.51. The molecule has 182 valence electrons. The van der Waals surface area contributed by atoms with Gasteiger partial charge in [-0.15, -0.1) is 0 Å². The molecule has 5 nitrogen and oxygen atoms in total. The predicted molar refractivity (Wildman–Crippen MR) is 110 cm³/mol. The average Bonchev–Trinajstić information content (AvgIpc) is 3.08. The molecule has 1 spiro atoms. The van der Waals surface area contributed by atoms with Crippen molar-refractivity contribution in [3.63, 3.8) is 0 Å². The molecule has 1 unspecified atom stereocenters. The van der Waals surface area contributed by atoms with Crippen LogP contribution in [0.2, 0.25) is 5.02 Å². The molecule has 2 amide bonds. The lowest BCUT2D eigenvalue weighted by Crippen LogP contribution is -2.55. The highest BCUT2D eigenvalue weighted by molar-refractivity contribution is 6.30. The van der Waals surface area contributed by atoms with Crippen molar-refractivity contribution in [2.24, 2.45) is 0 Å². The number of carbonyl (C=O) groups excluding carboxylic acids is 2. The number of hydrogen-bond acceptors (Lipinski definition) is 3. The molecule has 0 radical (unpaired) electrons. The average molecular weight is 506 g/mol. The Morgan fingerprint density at radius 1 is 0.941 bits per heavy atom. The lowest BCUT2D eigenvalue weighted by molar-refractivity contribution is -0.143. The van der Waals surface area contributed by atoms with Crippen LogP contribution in [0, 0.1) is 0 Å². The van der Waals surface area contributed by atoms with Crippen molar-refractivity contribution in [3.05, 3.63) is 69.7 Å². The number of hydrogen-bond donors (Lipinski definition) is 2. The standard InChI is InChI=1S/C22H18ClF6N3O2/c23-16-3-1-12(2-4-16)17-30-19(34)20(31-17)5-7-32(8-6-20)18(33)13-9-14(21(24,25)26)11-15(10-13)22(27,28)29/h1-4,9-11,17,31H,5-8H2,(H,30,34). The van der Waals surface area contributed by atoms with Gasteiger partial charge in [-0.2, -0.15) is 26.3 Å². The van der Waals surface area contributed by atoms with E-state index in [0.717, 1.165) is 10.5 Å². The number of carbonyl (C=O) groups is 2. The van der Waals surface area contributed by atoms with E-state index in [9.17, 15) is 35.9 Å². The highest BCUT2D eigenvalue weighted by Gasteiger charge is 2.49. The molecule has 2 N–H and O–H groups in total. The van der Waals surface area contributed by atoms with Crippen molar-refractivity contribution >= 4 is 23.4 Å². The molecular weight excluding hydrogens is 488 g/mol. The van der Waals surface area contributed by atoms with Crippen LogP contribution in [0.1, 0.15) is 46.1 Å². The first kappa shape index (κ1) is 24.3. The number of alkyl halides is 6. The second-order valence-corrected chi connectivity index (χ2v) is 8.71. The fourth-order valence-corrected chi connectivity index (χ4v) is 4.32. The third kappa shape index (κ3) is 4.72. The van der Waals surface area contributed by atoms with Gasteiger partial charge in [-0.3, -0.25) is 14.9 Å². The van der Waals surface area contributed by atoms with Gasteiger partial charge < -0.3 is 10.2 Å². The Bertz CT molecular complexity index is 1080. The van der Waals surface area contributed by atoms with Crippen LogP contribution < -0.4 is 10.6 Å². The molecule has 2 aromatic rings. The van der Waals surface area contributed by atoms with Crippen LogP contribution in [0.25, 0.3) is 0 Å². The predicted octanol–water partition coefficient (Wildman–Crippen LogP) is 4.77.